The van der Waals surface area contributed by atoms with Crippen molar-refractivity contribution < 1.29 is 34.3 Å². The van der Waals surface area contributed by atoms with Crippen LogP contribution < -0.4 is 30.4 Å². The Morgan fingerprint density at radius 2 is 1.02 bits per heavy atom. The maximum absolute atomic E-state index is 12.6. The summed E-state index contributed by atoms with van der Waals surface area (Å²) in [7, 11) is 0. The molecule has 0 aliphatic heterocycles. The van der Waals surface area contributed by atoms with Crippen LogP contribution in [0.5, 0.6) is 23.0 Å². The van der Waals surface area contributed by atoms with Crippen LogP contribution in [0, 0.1) is 0 Å². The van der Waals surface area contributed by atoms with Crippen molar-refractivity contribution >= 4 is 35.3 Å². The Balaban J connectivity index is 0.00000589. The Bertz CT molecular complexity index is 1140. The maximum Gasteiger partial charge on any atom is 0.163 e. The third-order valence-corrected chi connectivity index (χ3v) is 7.50. The molecule has 0 unspecified atom stereocenters. The minimum Gasteiger partial charge on any atom is -0.490 e. The molecule has 0 heterocycles. The van der Waals surface area contributed by atoms with Gasteiger partial charge < -0.3 is 30.4 Å². The van der Waals surface area contributed by atoms with Gasteiger partial charge >= 0.3 is 0 Å². The second-order valence-corrected chi connectivity index (χ2v) is 11.8. The first-order valence-corrected chi connectivity index (χ1v) is 18.8. The van der Waals surface area contributed by atoms with E-state index < -0.39 is 0 Å². The molecule has 0 radical (unpaired) electrons. The standard InChI is InChI=1S/C39H58N2O6.CH3Cl/c1-3-5-7-9-11-13-25-44-38-29-32(17-21-36(38)46-27-23-40)15-19-34(42)31-35(43)20-16-33-18-22-37(47-28-24-41)39(30-33)45-26-14-12-10-8-6-4-2;1-2/h15-22,29-30H,3-14,23-28,31,40-41H2,1-2H3;1H3/p+1/b19-15+,20-16+;. The van der Waals surface area contributed by atoms with Crippen LogP contribution in [0.2, 0.25) is 0 Å². The largest absolute Gasteiger partial charge is 0.490 e. The van der Waals surface area contributed by atoms with Gasteiger partial charge in [0.1, 0.15) is 19.8 Å². The average molecular weight is 702 g/mol. The van der Waals surface area contributed by atoms with Gasteiger partial charge in [0, 0.05) is 12.9 Å². The van der Waals surface area contributed by atoms with Crippen molar-refractivity contribution in [3.63, 3.8) is 0 Å². The molecule has 0 aliphatic rings. The molecule has 2 aromatic rings. The Hall–Kier alpha value is -3.33. The number of carbonyl (C=O) groups excluding carboxylic acids is 2. The molecule has 0 saturated carbocycles. The topological polar surface area (TPSA) is 125 Å². The molecule has 0 aromatic heterocycles. The zero-order valence-electron chi connectivity index (χ0n) is 30.3. The second-order valence-electron chi connectivity index (χ2n) is 11.8. The van der Waals surface area contributed by atoms with Crippen molar-refractivity contribution in [1.29, 1.82) is 0 Å². The number of quaternary nitrogens is 1. The number of hydrogen-bond donors (Lipinski definition) is 2. The third-order valence-electron chi connectivity index (χ3n) is 7.50. The first-order chi connectivity index (χ1) is 24.0. The van der Waals surface area contributed by atoms with Crippen LogP contribution in [0.4, 0.5) is 0 Å². The van der Waals surface area contributed by atoms with Gasteiger partial charge in [0.05, 0.1) is 19.6 Å². The summed E-state index contributed by atoms with van der Waals surface area (Å²) in [5.41, 5.74) is 11.0. The fraction of sp³-hybridized carbons (Fsp3) is 0.550. The summed E-state index contributed by atoms with van der Waals surface area (Å²) in [5, 5.41) is 0. The molecule has 0 saturated heterocycles. The van der Waals surface area contributed by atoms with Crippen molar-refractivity contribution in [2.24, 2.45) is 5.73 Å². The number of alkyl halides is 1. The minimum atomic E-state index is -0.280. The Morgan fingerprint density at radius 1 is 0.612 bits per heavy atom. The van der Waals surface area contributed by atoms with E-state index in [1.165, 1.54) is 69.9 Å². The molecule has 8 nitrogen and oxygen atoms in total. The lowest BCUT2D eigenvalue weighted by molar-refractivity contribution is -0.370. The number of hydrogen-bond acceptors (Lipinski definition) is 7. The van der Waals surface area contributed by atoms with Crippen LogP contribution in [0.3, 0.4) is 0 Å². The summed E-state index contributed by atoms with van der Waals surface area (Å²) in [4.78, 5) is 25.3. The van der Waals surface area contributed by atoms with Crippen LogP contribution in [0.1, 0.15) is 108 Å². The van der Waals surface area contributed by atoms with E-state index >= 15 is 0 Å². The molecule has 0 amide bonds. The van der Waals surface area contributed by atoms with Gasteiger partial charge in [-0.2, -0.15) is 0 Å². The quantitative estimate of drug-likeness (QED) is 0.0396. The summed E-state index contributed by atoms with van der Waals surface area (Å²) in [6, 6.07) is 11.1. The van der Waals surface area contributed by atoms with Gasteiger partial charge in [-0.3, -0.25) is 9.59 Å². The molecule has 9 heteroatoms. The second kappa shape index (κ2) is 29.6. The number of allylic oxidation sites excluding steroid dienone is 2. The van der Waals surface area contributed by atoms with Crippen molar-refractivity contribution in [3.05, 3.63) is 59.7 Å². The van der Waals surface area contributed by atoms with E-state index in [4.69, 9.17) is 24.7 Å². The Morgan fingerprint density at radius 3 is 1.45 bits per heavy atom. The fourth-order valence-electron chi connectivity index (χ4n) is 4.87. The van der Waals surface area contributed by atoms with Crippen molar-refractivity contribution in [2.45, 2.75) is 97.3 Å². The normalized spacial score (nSPS) is 11.0. The predicted molar refractivity (Wildman–Crippen MR) is 203 cm³/mol. The van der Waals surface area contributed by atoms with E-state index in [0.717, 1.165) is 36.8 Å². The van der Waals surface area contributed by atoms with Crippen molar-refractivity contribution in [2.75, 3.05) is 45.9 Å². The molecule has 0 spiro atoms. The smallest absolute Gasteiger partial charge is 0.163 e. The van der Waals surface area contributed by atoms with Gasteiger partial charge in [-0.05, 0) is 60.4 Å². The number of ether oxygens (including phenoxy) is 4. The fourth-order valence-corrected chi connectivity index (χ4v) is 4.87. The number of benzene rings is 2. The summed E-state index contributed by atoms with van der Waals surface area (Å²) in [6.07, 6.45) is 21.7. The highest BCUT2D eigenvalue weighted by atomic mass is 35.5. The van der Waals surface area contributed by atoms with Gasteiger partial charge in [0.15, 0.2) is 34.6 Å². The van der Waals surface area contributed by atoms with Crippen LogP contribution in [-0.4, -0.2) is 57.5 Å². The lowest BCUT2D eigenvalue weighted by Gasteiger charge is -2.13. The van der Waals surface area contributed by atoms with E-state index in [1.54, 1.807) is 12.2 Å². The van der Waals surface area contributed by atoms with Crippen molar-refractivity contribution in [1.82, 2.24) is 0 Å². The number of unbranched alkanes of at least 4 members (excludes halogenated alkanes) is 10. The minimum absolute atomic E-state index is 0.224. The number of nitrogens with two attached hydrogens (primary N) is 1. The van der Waals surface area contributed by atoms with E-state index in [2.05, 4.69) is 31.2 Å². The Kier molecular flexibility index (Phi) is 26.4. The summed E-state index contributed by atoms with van der Waals surface area (Å²) < 4.78 is 23.7. The van der Waals surface area contributed by atoms with Crippen molar-refractivity contribution in [3.8, 4) is 23.0 Å². The zero-order chi connectivity index (χ0) is 36.0. The molecular formula is C40H62ClN2O6+. The lowest BCUT2D eigenvalue weighted by Crippen LogP contribution is -2.52. The van der Waals surface area contributed by atoms with Crippen LogP contribution in [-0.2, 0) is 9.59 Å². The van der Waals surface area contributed by atoms with Crippen LogP contribution >= 0.6 is 11.6 Å². The van der Waals surface area contributed by atoms with E-state index in [9.17, 15) is 9.59 Å². The van der Waals surface area contributed by atoms with Gasteiger partial charge in [0.25, 0.3) is 0 Å². The van der Waals surface area contributed by atoms with E-state index in [-0.39, 0.29) is 18.0 Å². The average Bonchev–Trinajstić information content (AvgIpc) is 3.12. The molecule has 2 aromatic carbocycles. The number of halogens is 1. The van der Waals surface area contributed by atoms with E-state index in [0.29, 0.717) is 62.5 Å². The maximum atomic E-state index is 12.6. The summed E-state index contributed by atoms with van der Waals surface area (Å²) in [6.45, 7) is 7.56. The number of carbonyl (C=O) groups is 2. The molecule has 49 heavy (non-hydrogen) atoms. The van der Waals surface area contributed by atoms with Gasteiger partial charge in [-0.15, -0.1) is 11.6 Å². The first kappa shape index (κ1) is 43.7. The summed E-state index contributed by atoms with van der Waals surface area (Å²) in [5.74, 6) is 2.01. The van der Waals surface area contributed by atoms with Gasteiger partial charge in [0.2, 0.25) is 0 Å². The monoisotopic (exact) mass is 701 g/mol. The van der Waals surface area contributed by atoms with Gasteiger partial charge in [-0.1, -0.05) is 102 Å². The van der Waals surface area contributed by atoms with Crippen LogP contribution in [0.15, 0.2) is 48.6 Å². The predicted octanol–water partition coefficient (Wildman–Crippen LogP) is 8.23. The molecular weight excluding hydrogens is 640 g/mol. The lowest BCUT2D eigenvalue weighted by atomic mass is 10.1. The first-order valence-electron chi connectivity index (χ1n) is 18.1. The number of rotatable bonds is 28. The molecule has 5 N–H and O–H groups in total. The highest BCUT2D eigenvalue weighted by Gasteiger charge is 2.10. The SMILES string of the molecule is CCCCCCCCOc1cc(/C=C/C(=O)CC(=O)/C=C/c2ccc(OCC[NH3+])c(OCCCCCCCC)c2)ccc1OCCN.CCl. The summed E-state index contributed by atoms with van der Waals surface area (Å²) >= 11 is 4.64. The third kappa shape index (κ3) is 20.7. The highest BCUT2D eigenvalue weighted by Crippen LogP contribution is 2.30. The molecule has 0 bridgehead atoms. The molecule has 0 aliphatic carbocycles. The zero-order valence-corrected chi connectivity index (χ0v) is 31.1. The Labute approximate surface area is 300 Å². The van der Waals surface area contributed by atoms with Gasteiger partial charge in [-0.25, -0.2) is 0 Å². The van der Waals surface area contributed by atoms with E-state index in [1.807, 2.05) is 36.4 Å². The molecule has 2 rings (SSSR count). The molecule has 0 fully saturated rings. The van der Waals surface area contributed by atoms with Crippen LogP contribution in [0.25, 0.3) is 12.2 Å². The molecule has 0 atom stereocenters. The molecule has 274 valence electrons. The highest BCUT2D eigenvalue weighted by molar-refractivity contribution is 6.15. The number of ketones is 2.